The Morgan fingerprint density at radius 1 is 1.16 bits per heavy atom. The SMILES string of the molecule is CCCNC(c1cc(Br)cc(Br)c1)c1ccc(C)s1. The lowest BCUT2D eigenvalue weighted by Gasteiger charge is -2.18. The highest BCUT2D eigenvalue weighted by Gasteiger charge is 2.16. The summed E-state index contributed by atoms with van der Waals surface area (Å²) in [5.74, 6) is 0. The second-order valence-electron chi connectivity index (χ2n) is 4.54. The minimum absolute atomic E-state index is 0.271. The third kappa shape index (κ3) is 4.15. The van der Waals surface area contributed by atoms with Crippen LogP contribution >= 0.6 is 43.2 Å². The van der Waals surface area contributed by atoms with Gasteiger partial charge in [-0.25, -0.2) is 0 Å². The van der Waals surface area contributed by atoms with Gasteiger partial charge in [-0.1, -0.05) is 38.8 Å². The van der Waals surface area contributed by atoms with Gasteiger partial charge in [-0.05, 0) is 55.8 Å². The summed E-state index contributed by atoms with van der Waals surface area (Å²) in [6.07, 6.45) is 1.13. The third-order valence-electron chi connectivity index (χ3n) is 2.86. The van der Waals surface area contributed by atoms with Gasteiger partial charge in [0.05, 0.1) is 6.04 Å². The maximum absolute atomic E-state index is 3.64. The normalized spacial score (nSPS) is 12.6. The summed E-state index contributed by atoms with van der Waals surface area (Å²) in [5.41, 5.74) is 1.29. The fourth-order valence-electron chi connectivity index (χ4n) is 2.02. The predicted octanol–water partition coefficient (Wildman–Crippen LogP) is 5.67. The van der Waals surface area contributed by atoms with Crippen LogP contribution in [0.15, 0.2) is 39.3 Å². The van der Waals surface area contributed by atoms with Gasteiger partial charge in [0.15, 0.2) is 0 Å². The highest BCUT2D eigenvalue weighted by Crippen LogP contribution is 2.31. The highest BCUT2D eigenvalue weighted by molar-refractivity contribution is 9.11. The van der Waals surface area contributed by atoms with Gasteiger partial charge in [-0.2, -0.15) is 0 Å². The molecule has 0 bridgehead atoms. The first-order valence-electron chi connectivity index (χ1n) is 6.36. The molecule has 102 valence electrons. The van der Waals surface area contributed by atoms with E-state index in [2.05, 4.69) is 81.4 Å². The molecule has 1 heterocycles. The largest absolute Gasteiger partial charge is 0.306 e. The molecular formula is C15H17Br2NS. The molecule has 2 aromatic rings. The van der Waals surface area contributed by atoms with Crippen LogP contribution in [0, 0.1) is 6.92 Å². The molecule has 1 aromatic heterocycles. The molecule has 1 aromatic carbocycles. The van der Waals surface area contributed by atoms with Crippen LogP contribution in [0.2, 0.25) is 0 Å². The minimum atomic E-state index is 0.271. The summed E-state index contributed by atoms with van der Waals surface area (Å²) < 4.78 is 2.21. The first-order valence-corrected chi connectivity index (χ1v) is 8.76. The average molecular weight is 403 g/mol. The molecule has 1 unspecified atom stereocenters. The van der Waals surface area contributed by atoms with Crippen molar-refractivity contribution in [1.82, 2.24) is 5.32 Å². The van der Waals surface area contributed by atoms with Crippen LogP contribution < -0.4 is 5.32 Å². The Hall–Kier alpha value is -0.160. The number of halogens is 2. The number of hydrogen-bond donors (Lipinski definition) is 1. The number of aryl methyl sites for hydroxylation is 1. The Balaban J connectivity index is 2.36. The summed E-state index contributed by atoms with van der Waals surface area (Å²) in [7, 11) is 0. The third-order valence-corrected chi connectivity index (χ3v) is 4.84. The Bertz CT molecular complexity index is 531. The lowest BCUT2D eigenvalue weighted by molar-refractivity contribution is 0.605. The molecule has 1 N–H and O–H groups in total. The fraction of sp³-hybridized carbons (Fsp3) is 0.333. The van der Waals surface area contributed by atoms with Gasteiger partial charge in [0.2, 0.25) is 0 Å². The van der Waals surface area contributed by atoms with Crippen molar-refractivity contribution in [2.24, 2.45) is 0 Å². The van der Waals surface area contributed by atoms with E-state index in [0.717, 1.165) is 21.9 Å². The Kier molecular flexibility index (Phi) is 5.63. The molecule has 1 nitrogen and oxygen atoms in total. The van der Waals surface area contributed by atoms with E-state index in [9.17, 15) is 0 Å². The van der Waals surface area contributed by atoms with Crippen molar-refractivity contribution in [1.29, 1.82) is 0 Å². The monoisotopic (exact) mass is 401 g/mol. The lowest BCUT2D eigenvalue weighted by atomic mass is 10.1. The van der Waals surface area contributed by atoms with Crippen molar-refractivity contribution in [3.05, 3.63) is 54.6 Å². The zero-order valence-electron chi connectivity index (χ0n) is 11.0. The van der Waals surface area contributed by atoms with E-state index in [1.165, 1.54) is 15.3 Å². The molecule has 0 saturated heterocycles. The highest BCUT2D eigenvalue weighted by atomic mass is 79.9. The van der Waals surface area contributed by atoms with E-state index in [1.807, 2.05) is 11.3 Å². The maximum Gasteiger partial charge on any atom is 0.0671 e. The summed E-state index contributed by atoms with van der Waals surface area (Å²) in [6, 6.07) is 11.1. The van der Waals surface area contributed by atoms with Gasteiger partial charge < -0.3 is 5.32 Å². The standard InChI is InChI=1S/C15H17Br2NS/c1-3-6-18-15(14-5-4-10(2)19-14)11-7-12(16)9-13(17)8-11/h4-5,7-9,15,18H,3,6H2,1-2H3. The van der Waals surface area contributed by atoms with Crippen LogP contribution in [0.1, 0.15) is 34.7 Å². The van der Waals surface area contributed by atoms with E-state index in [4.69, 9.17) is 0 Å². The van der Waals surface area contributed by atoms with Crippen molar-refractivity contribution < 1.29 is 0 Å². The quantitative estimate of drug-likeness (QED) is 0.679. The van der Waals surface area contributed by atoms with Gasteiger partial charge >= 0.3 is 0 Å². The second kappa shape index (κ2) is 7.02. The van der Waals surface area contributed by atoms with Crippen molar-refractivity contribution in [3.63, 3.8) is 0 Å². The molecule has 0 saturated carbocycles. The van der Waals surface area contributed by atoms with Crippen LogP contribution in [0.5, 0.6) is 0 Å². The summed E-state index contributed by atoms with van der Waals surface area (Å²) >= 11 is 9.01. The first kappa shape index (κ1) is 15.2. The van der Waals surface area contributed by atoms with Crippen molar-refractivity contribution >= 4 is 43.2 Å². The number of nitrogens with one attached hydrogen (secondary N) is 1. The zero-order valence-corrected chi connectivity index (χ0v) is 15.0. The second-order valence-corrected chi connectivity index (χ2v) is 7.69. The number of hydrogen-bond acceptors (Lipinski definition) is 2. The molecular weight excluding hydrogens is 386 g/mol. The van der Waals surface area contributed by atoms with Crippen molar-refractivity contribution in [2.45, 2.75) is 26.3 Å². The zero-order chi connectivity index (χ0) is 13.8. The van der Waals surface area contributed by atoms with Crippen LogP contribution in [0.25, 0.3) is 0 Å². The molecule has 0 aliphatic heterocycles. The number of rotatable bonds is 5. The predicted molar refractivity (Wildman–Crippen MR) is 91.0 cm³/mol. The Morgan fingerprint density at radius 3 is 2.37 bits per heavy atom. The van der Waals surface area contributed by atoms with E-state index in [-0.39, 0.29) is 6.04 Å². The van der Waals surface area contributed by atoms with Gasteiger partial charge in [-0.15, -0.1) is 11.3 Å². The summed E-state index contributed by atoms with van der Waals surface area (Å²) in [4.78, 5) is 2.73. The molecule has 2 rings (SSSR count). The van der Waals surface area contributed by atoms with Crippen molar-refractivity contribution in [2.75, 3.05) is 6.54 Å². The minimum Gasteiger partial charge on any atom is -0.306 e. The van der Waals surface area contributed by atoms with Crippen LogP contribution in [-0.2, 0) is 0 Å². The van der Waals surface area contributed by atoms with E-state index >= 15 is 0 Å². The van der Waals surface area contributed by atoms with Crippen LogP contribution in [0.4, 0.5) is 0 Å². The summed E-state index contributed by atoms with van der Waals surface area (Å²) in [6.45, 7) is 5.37. The molecule has 0 aliphatic rings. The topological polar surface area (TPSA) is 12.0 Å². The van der Waals surface area contributed by atoms with E-state index in [0.29, 0.717) is 0 Å². The molecule has 19 heavy (non-hydrogen) atoms. The van der Waals surface area contributed by atoms with Gasteiger partial charge in [0.1, 0.15) is 0 Å². The number of benzene rings is 1. The molecule has 0 fully saturated rings. The smallest absolute Gasteiger partial charge is 0.0671 e. The molecule has 0 spiro atoms. The fourth-order valence-corrected chi connectivity index (χ4v) is 4.33. The molecule has 1 atom stereocenters. The Labute approximate surface area is 135 Å². The molecule has 0 radical (unpaired) electrons. The first-order chi connectivity index (χ1) is 9.10. The maximum atomic E-state index is 3.64. The molecule has 0 aliphatic carbocycles. The van der Waals surface area contributed by atoms with Gasteiger partial charge in [0.25, 0.3) is 0 Å². The van der Waals surface area contributed by atoms with Crippen LogP contribution in [0.3, 0.4) is 0 Å². The van der Waals surface area contributed by atoms with Gasteiger partial charge in [0, 0.05) is 18.7 Å². The lowest BCUT2D eigenvalue weighted by Crippen LogP contribution is -2.22. The molecule has 0 amide bonds. The molecule has 4 heteroatoms. The van der Waals surface area contributed by atoms with Gasteiger partial charge in [-0.3, -0.25) is 0 Å². The summed E-state index contributed by atoms with van der Waals surface area (Å²) in [5, 5.41) is 3.64. The van der Waals surface area contributed by atoms with Crippen molar-refractivity contribution in [3.8, 4) is 0 Å². The Morgan fingerprint density at radius 2 is 1.84 bits per heavy atom. The average Bonchev–Trinajstić information content (AvgIpc) is 2.75. The van der Waals surface area contributed by atoms with E-state index < -0.39 is 0 Å². The van der Waals surface area contributed by atoms with E-state index in [1.54, 1.807) is 0 Å². The van der Waals surface area contributed by atoms with Crippen LogP contribution in [-0.4, -0.2) is 6.54 Å². The number of thiophene rings is 1.